The van der Waals surface area contributed by atoms with Crippen molar-refractivity contribution < 1.29 is 0 Å². The smallest absolute Gasteiger partial charge is 0.0671 e. The van der Waals surface area contributed by atoms with Gasteiger partial charge in [-0.15, -0.1) is 0 Å². The van der Waals surface area contributed by atoms with E-state index in [1.807, 2.05) is 0 Å². The third-order valence-electron chi connectivity index (χ3n) is 8.04. The molecule has 0 aliphatic heterocycles. The fourth-order valence-corrected chi connectivity index (χ4v) is 5.95. The van der Waals surface area contributed by atoms with Gasteiger partial charge in [0.25, 0.3) is 0 Å². The van der Waals surface area contributed by atoms with E-state index in [0.717, 1.165) is 11.4 Å². The predicted octanol–water partition coefficient (Wildman–Crippen LogP) is 10.4. The number of benzene rings is 2. The van der Waals surface area contributed by atoms with Gasteiger partial charge in [-0.05, 0) is 69.2 Å². The Hall–Kier alpha value is -3.52. The van der Waals surface area contributed by atoms with Crippen LogP contribution in [0.3, 0.4) is 0 Å². The summed E-state index contributed by atoms with van der Waals surface area (Å²) in [6.45, 7) is 18.3. The molecule has 2 N–H and O–H groups in total. The van der Waals surface area contributed by atoms with Gasteiger partial charge in [0, 0.05) is 28.3 Å². The molecule has 0 atom stereocenters. The van der Waals surface area contributed by atoms with Crippen LogP contribution < -0.4 is 10.6 Å². The van der Waals surface area contributed by atoms with Crippen LogP contribution in [0.15, 0.2) is 107 Å². The molecule has 0 saturated heterocycles. The van der Waals surface area contributed by atoms with Gasteiger partial charge in [-0.1, -0.05) is 122 Å². The summed E-state index contributed by atoms with van der Waals surface area (Å²) in [5.74, 6) is 2.99. The molecule has 1 radical (unpaired) electrons. The molecule has 2 aromatic carbocycles. The maximum absolute atomic E-state index is 3.97. The second kappa shape index (κ2) is 10.9. The highest BCUT2D eigenvalue weighted by Crippen LogP contribution is 2.47. The van der Waals surface area contributed by atoms with E-state index in [2.05, 4.69) is 145 Å². The summed E-state index contributed by atoms with van der Waals surface area (Å²) < 4.78 is 0. The van der Waals surface area contributed by atoms with Crippen LogP contribution in [0.2, 0.25) is 0 Å². The second-order valence-corrected chi connectivity index (χ2v) is 12.2. The third-order valence-corrected chi connectivity index (χ3v) is 8.04. The molecular weight excluding hydrogens is 472 g/mol. The van der Waals surface area contributed by atoms with Crippen molar-refractivity contribution in [1.29, 1.82) is 0 Å². The van der Waals surface area contributed by atoms with E-state index in [1.54, 1.807) is 0 Å². The van der Waals surface area contributed by atoms with E-state index in [4.69, 9.17) is 0 Å². The van der Waals surface area contributed by atoms with Crippen LogP contribution in [-0.4, -0.2) is 0 Å². The highest BCUT2D eigenvalue weighted by atomic mass is 14.9. The van der Waals surface area contributed by atoms with E-state index in [1.165, 1.54) is 56.3 Å². The summed E-state index contributed by atoms with van der Waals surface area (Å²) in [5.41, 5.74) is 14.0. The van der Waals surface area contributed by atoms with Crippen molar-refractivity contribution in [2.75, 3.05) is 10.6 Å². The first-order valence-corrected chi connectivity index (χ1v) is 14.6. The molecule has 0 aromatic heterocycles. The Balaban J connectivity index is 1.68. The third kappa shape index (κ3) is 5.10. The largest absolute Gasteiger partial charge is 0.355 e. The number of nitrogens with one attached hydrogen (secondary N) is 2. The normalized spacial score (nSPS) is 16.7. The minimum atomic E-state index is 0.423. The molecule has 2 heteroatoms. The fourth-order valence-electron chi connectivity index (χ4n) is 5.95. The van der Waals surface area contributed by atoms with Gasteiger partial charge >= 0.3 is 0 Å². The second-order valence-electron chi connectivity index (χ2n) is 12.2. The predicted molar refractivity (Wildman–Crippen MR) is 169 cm³/mol. The van der Waals surface area contributed by atoms with Gasteiger partial charge in [0.2, 0.25) is 0 Å². The van der Waals surface area contributed by atoms with Crippen LogP contribution >= 0.6 is 0 Å². The number of anilines is 2. The zero-order chi connectivity index (χ0) is 27.8. The Morgan fingerprint density at radius 1 is 0.513 bits per heavy atom. The molecule has 2 aromatic rings. The summed E-state index contributed by atoms with van der Waals surface area (Å²) in [6.07, 6.45) is 15.7. The van der Waals surface area contributed by atoms with E-state index in [0.29, 0.717) is 23.7 Å². The van der Waals surface area contributed by atoms with Gasteiger partial charge in [0.15, 0.2) is 0 Å². The topological polar surface area (TPSA) is 24.1 Å². The summed E-state index contributed by atoms with van der Waals surface area (Å²) >= 11 is 0. The van der Waals surface area contributed by atoms with Crippen LogP contribution in [-0.2, 0) is 0 Å². The van der Waals surface area contributed by atoms with Crippen molar-refractivity contribution in [3.63, 3.8) is 0 Å². The number of para-hydroxylation sites is 2. The molecule has 0 heterocycles. The minimum absolute atomic E-state index is 0.423. The Bertz CT molecular complexity index is 1400. The number of allylic oxidation sites excluding steroid dienone is 10. The number of hydrogen-bond acceptors (Lipinski definition) is 2. The lowest BCUT2D eigenvalue weighted by Gasteiger charge is -2.35. The molecule has 39 heavy (non-hydrogen) atoms. The Labute approximate surface area is 236 Å². The van der Waals surface area contributed by atoms with Crippen molar-refractivity contribution in [2.45, 2.75) is 79.1 Å². The SMILES string of the molecule is CC(C)c1cccc(C(C)C)c1NC1=CC=C2C=CC=C3C=CC(Nc4c(C(C)C)cccc4C(C)C)=C1[C]32. The molecule has 0 fully saturated rings. The molecule has 0 bridgehead atoms. The molecule has 0 spiro atoms. The van der Waals surface area contributed by atoms with E-state index in [9.17, 15) is 0 Å². The molecule has 3 aliphatic rings. The summed E-state index contributed by atoms with van der Waals surface area (Å²) in [6, 6.07) is 13.5. The first kappa shape index (κ1) is 27.1. The van der Waals surface area contributed by atoms with Gasteiger partial charge in [-0.2, -0.15) is 0 Å². The average molecular weight is 516 g/mol. The summed E-state index contributed by atoms with van der Waals surface area (Å²) in [5, 5.41) is 7.94. The van der Waals surface area contributed by atoms with Gasteiger partial charge in [0.1, 0.15) is 0 Å². The van der Waals surface area contributed by atoms with Crippen molar-refractivity contribution in [1.82, 2.24) is 0 Å². The van der Waals surface area contributed by atoms with E-state index < -0.39 is 0 Å². The summed E-state index contributed by atoms with van der Waals surface area (Å²) in [4.78, 5) is 0. The molecule has 0 unspecified atom stereocenters. The first-order valence-electron chi connectivity index (χ1n) is 14.6. The monoisotopic (exact) mass is 515 g/mol. The molecule has 0 amide bonds. The van der Waals surface area contributed by atoms with Gasteiger partial charge in [-0.25, -0.2) is 0 Å². The molecule has 2 nitrogen and oxygen atoms in total. The lowest BCUT2D eigenvalue weighted by Crippen LogP contribution is -2.24. The molecule has 201 valence electrons. The lowest BCUT2D eigenvalue weighted by molar-refractivity contribution is 0.836. The molecule has 5 rings (SSSR count). The molecule has 3 aliphatic carbocycles. The first-order chi connectivity index (χ1) is 18.7. The number of rotatable bonds is 8. The average Bonchev–Trinajstić information content (AvgIpc) is 2.90. The van der Waals surface area contributed by atoms with Gasteiger partial charge < -0.3 is 10.6 Å². The van der Waals surface area contributed by atoms with Gasteiger partial charge in [-0.3, -0.25) is 0 Å². The van der Waals surface area contributed by atoms with Crippen molar-refractivity contribution in [2.24, 2.45) is 0 Å². The van der Waals surface area contributed by atoms with Crippen LogP contribution in [0.25, 0.3) is 0 Å². The standard InChI is InChI=1S/C37H43N2/c1-22(2)28-14-10-15-29(23(3)4)36(28)38-32-20-18-26-12-9-13-27-19-21-33(35(32)34(26)27)39-37-30(24(5)6)16-11-17-31(37)25(7)8/h9-25,38-39H,1-8H3. The van der Waals surface area contributed by atoms with E-state index >= 15 is 0 Å². The fraction of sp³-hybridized carbons (Fsp3) is 0.324. The van der Waals surface area contributed by atoms with Crippen molar-refractivity contribution >= 4 is 11.4 Å². The van der Waals surface area contributed by atoms with Gasteiger partial charge in [0.05, 0.1) is 5.92 Å². The molecular formula is C37H43N2. The van der Waals surface area contributed by atoms with E-state index in [-0.39, 0.29) is 0 Å². The van der Waals surface area contributed by atoms with Crippen LogP contribution in [0.4, 0.5) is 11.4 Å². The van der Waals surface area contributed by atoms with Crippen LogP contribution in [0, 0.1) is 5.92 Å². The highest BCUT2D eigenvalue weighted by molar-refractivity contribution is 5.81. The zero-order valence-electron chi connectivity index (χ0n) is 24.8. The quantitative estimate of drug-likeness (QED) is 0.365. The maximum Gasteiger partial charge on any atom is 0.0671 e. The van der Waals surface area contributed by atoms with Crippen LogP contribution in [0.5, 0.6) is 0 Å². The van der Waals surface area contributed by atoms with Crippen molar-refractivity contribution in [3.05, 3.63) is 135 Å². The Morgan fingerprint density at radius 2 is 1.00 bits per heavy atom. The number of hydrogen-bond donors (Lipinski definition) is 2. The van der Waals surface area contributed by atoms with Crippen LogP contribution in [0.1, 0.15) is 101 Å². The maximum atomic E-state index is 3.97. The minimum Gasteiger partial charge on any atom is -0.355 e. The Morgan fingerprint density at radius 3 is 1.51 bits per heavy atom. The lowest BCUT2D eigenvalue weighted by atomic mass is 9.73. The highest BCUT2D eigenvalue weighted by Gasteiger charge is 2.34. The Kier molecular flexibility index (Phi) is 7.58. The zero-order valence-corrected chi connectivity index (χ0v) is 24.8. The van der Waals surface area contributed by atoms with Crippen molar-refractivity contribution in [3.8, 4) is 0 Å². The molecule has 0 saturated carbocycles. The summed E-state index contributed by atoms with van der Waals surface area (Å²) in [7, 11) is 0.